The summed E-state index contributed by atoms with van der Waals surface area (Å²) in [5.41, 5.74) is 4.66. The Morgan fingerprint density at radius 3 is 2.61 bits per heavy atom. The summed E-state index contributed by atoms with van der Waals surface area (Å²) in [6.07, 6.45) is 5.60. The summed E-state index contributed by atoms with van der Waals surface area (Å²) in [6, 6.07) is 16.9. The van der Waals surface area contributed by atoms with Gasteiger partial charge in [0.2, 0.25) is 0 Å². The third kappa shape index (κ3) is 7.01. The molecule has 0 saturated carbocycles. The van der Waals surface area contributed by atoms with Crippen molar-refractivity contribution in [3.05, 3.63) is 77.9 Å². The van der Waals surface area contributed by atoms with E-state index in [-0.39, 0.29) is 30.1 Å². The Balaban J connectivity index is 0.00000306. The molecular weight excluding hydrogens is 527 g/mol. The summed E-state index contributed by atoms with van der Waals surface area (Å²) in [5.74, 6) is 1.25. The van der Waals surface area contributed by atoms with Crippen molar-refractivity contribution in [2.75, 3.05) is 19.7 Å². The monoisotopic (exact) mass is 560 g/mol. The van der Waals surface area contributed by atoms with Crippen LogP contribution in [-0.4, -0.2) is 40.4 Å². The van der Waals surface area contributed by atoms with Crippen LogP contribution >= 0.6 is 24.0 Å². The summed E-state index contributed by atoms with van der Waals surface area (Å²) < 4.78 is 7.91. The second kappa shape index (κ2) is 12.7. The Kier molecular flexibility index (Phi) is 9.68. The minimum absolute atomic E-state index is 0. The molecule has 33 heavy (non-hydrogen) atoms. The lowest BCUT2D eigenvalue weighted by Gasteiger charge is -2.32. The van der Waals surface area contributed by atoms with Crippen LogP contribution in [-0.2, 0) is 11.3 Å². The van der Waals surface area contributed by atoms with Crippen LogP contribution in [0.5, 0.6) is 0 Å². The van der Waals surface area contributed by atoms with Crippen LogP contribution in [0.4, 0.5) is 0 Å². The van der Waals surface area contributed by atoms with Crippen LogP contribution in [0.15, 0.2) is 66.2 Å². The zero-order valence-electron chi connectivity index (χ0n) is 19.3. The smallest absolute Gasteiger partial charge is 0.191 e. The van der Waals surface area contributed by atoms with Gasteiger partial charge in [-0.1, -0.05) is 42.0 Å². The number of nitrogens with zero attached hydrogens (tertiary/aromatic N) is 4. The molecule has 2 atom stereocenters. The van der Waals surface area contributed by atoms with Crippen LogP contribution in [0, 0.1) is 12.8 Å². The Hall–Kier alpha value is -2.46. The molecule has 0 spiro atoms. The number of aryl methyl sites for hydroxylation is 1. The van der Waals surface area contributed by atoms with Crippen molar-refractivity contribution >= 4 is 29.9 Å². The summed E-state index contributed by atoms with van der Waals surface area (Å²) in [4.78, 5) is 8.78. The van der Waals surface area contributed by atoms with Gasteiger partial charge >= 0.3 is 0 Å². The van der Waals surface area contributed by atoms with Gasteiger partial charge in [-0.25, -0.2) is 14.7 Å². The van der Waals surface area contributed by atoms with Gasteiger partial charge in [-0.2, -0.15) is 5.10 Å². The highest BCUT2D eigenvalue weighted by atomic mass is 127. The van der Waals surface area contributed by atoms with Gasteiger partial charge in [0.05, 0.1) is 18.3 Å². The second-order valence-corrected chi connectivity index (χ2v) is 8.19. The number of benzene rings is 2. The van der Waals surface area contributed by atoms with E-state index in [9.17, 15) is 0 Å². The van der Waals surface area contributed by atoms with E-state index in [1.54, 1.807) is 11.0 Å². The fourth-order valence-electron chi connectivity index (χ4n) is 4.01. The minimum Gasteiger partial charge on any atom is -0.373 e. The Labute approximate surface area is 213 Å². The predicted octanol–water partition coefficient (Wildman–Crippen LogP) is 4.42. The van der Waals surface area contributed by atoms with Crippen molar-refractivity contribution in [2.45, 2.75) is 39.3 Å². The first-order valence-electron chi connectivity index (χ1n) is 11.4. The lowest BCUT2D eigenvalue weighted by Crippen LogP contribution is -2.42. The average Bonchev–Trinajstić information content (AvgIpc) is 3.37. The average molecular weight is 560 g/mol. The molecule has 1 fully saturated rings. The maximum Gasteiger partial charge on any atom is 0.191 e. The van der Waals surface area contributed by atoms with Crippen molar-refractivity contribution in [1.82, 2.24) is 25.4 Å². The predicted molar refractivity (Wildman–Crippen MR) is 142 cm³/mol. The van der Waals surface area contributed by atoms with E-state index in [0.29, 0.717) is 12.5 Å². The van der Waals surface area contributed by atoms with E-state index in [0.717, 1.165) is 49.7 Å². The number of nitrogens with one attached hydrogen (secondary N) is 2. The summed E-state index contributed by atoms with van der Waals surface area (Å²) >= 11 is 0. The third-order valence-corrected chi connectivity index (χ3v) is 5.77. The largest absolute Gasteiger partial charge is 0.373 e. The first-order valence-corrected chi connectivity index (χ1v) is 11.4. The molecule has 2 aromatic carbocycles. The van der Waals surface area contributed by atoms with E-state index < -0.39 is 0 Å². The van der Waals surface area contributed by atoms with Gasteiger partial charge in [-0.3, -0.25) is 0 Å². The quantitative estimate of drug-likeness (QED) is 0.254. The molecule has 3 aromatic rings. The Morgan fingerprint density at radius 1 is 1.12 bits per heavy atom. The first kappa shape index (κ1) is 25.2. The number of rotatable bonds is 7. The van der Waals surface area contributed by atoms with E-state index in [1.807, 2.05) is 12.1 Å². The SMILES string of the molecule is CCNC(=NCc1ccc(-n2cncn2)cc1)NCC1CCCOC1c1ccc(C)cc1.I. The molecule has 4 rings (SSSR count). The standard InChI is InChI=1S/C25H32N6O.HI/c1-3-27-25(28-15-20-8-12-23(13-9-20)31-18-26-17-30-31)29-16-22-5-4-14-32-24(22)21-10-6-19(2)7-11-21;/h6-13,17-18,22,24H,3-5,14-16H2,1-2H3,(H2,27,28,29);1H. The van der Waals surface area contributed by atoms with Crippen LogP contribution in [0.3, 0.4) is 0 Å². The van der Waals surface area contributed by atoms with Crippen molar-refractivity contribution in [2.24, 2.45) is 10.9 Å². The third-order valence-electron chi connectivity index (χ3n) is 5.77. The molecule has 8 heteroatoms. The Morgan fingerprint density at radius 2 is 1.91 bits per heavy atom. The van der Waals surface area contributed by atoms with Crippen molar-refractivity contribution < 1.29 is 4.74 Å². The number of guanidine groups is 1. The van der Waals surface area contributed by atoms with Crippen molar-refractivity contribution in [1.29, 1.82) is 0 Å². The number of hydrogen-bond donors (Lipinski definition) is 2. The van der Waals surface area contributed by atoms with Gasteiger partial charge in [0.15, 0.2) is 5.96 Å². The first-order chi connectivity index (χ1) is 15.7. The summed E-state index contributed by atoms with van der Waals surface area (Å²) in [7, 11) is 0. The highest BCUT2D eigenvalue weighted by Crippen LogP contribution is 2.33. The molecule has 1 saturated heterocycles. The molecule has 2 heterocycles. The minimum atomic E-state index is 0. The van der Waals surface area contributed by atoms with Crippen LogP contribution < -0.4 is 10.6 Å². The normalized spacial score (nSPS) is 18.4. The number of halogens is 1. The summed E-state index contributed by atoms with van der Waals surface area (Å²) in [6.45, 7) is 7.29. The van der Waals surface area contributed by atoms with Crippen LogP contribution in [0.2, 0.25) is 0 Å². The van der Waals surface area contributed by atoms with E-state index in [1.165, 1.54) is 17.5 Å². The van der Waals surface area contributed by atoms with E-state index >= 15 is 0 Å². The van der Waals surface area contributed by atoms with Gasteiger partial charge in [-0.05, 0) is 49.9 Å². The van der Waals surface area contributed by atoms with Gasteiger partial charge in [-0.15, -0.1) is 24.0 Å². The molecule has 2 N–H and O–H groups in total. The molecule has 1 aliphatic rings. The highest BCUT2D eigenvalue weighted by molar-refractivity contribution is 14.0. The highest BCUT2D eigenvalue weighted by Gasteiger charge is 2.27. The Bertz CT molecular complexity index is 989. The van der Waals surface area contributed by atoms with Gasteiger partial charge < -0.3 is 15.4 Å². The molecule has 0 radical (unpaired) electrons. The molecule has 0 aliphatic carbocycles. The molecule has 176 valence electrons. The lowest BCUT2D eigenvalue weighted by atomic mass is 9.89. The zero-order chi connectivity index (χ0) is 22.2. The molecule has 1 aromatic heterocycles. The molecule has 7 nitrogen and oxygen atoms in total. The summed E-state index contributed by atoms with van der Waals surface area (Å²) in [5, 5.41) is 11.1. The van der Waals surface area contributed by atoms with E-state index in [2.05, 4.69) is 71.0 Å². The van der Waals surface area contributed by atoms with Crippen LogP contribution in [0.25, 0.3) is 5.69 Å². The fraction of sp³-hybridized carbons (Fsp3) is 0.400. The van der Waals surface area contributed by atoms with Crippen molar-refractivity contribution in [3.63, 3.8) is 0 Å². The fourth-order valence-corrected chi connectivity index (χ4v) is 4.01. The number of hydrogen-bond acceptors (Lipinski definition) is 4. The molecule has 0 bridgehead atoms. The topological polar surface area (TPSA) is 76.4 Å². The van der Waals surface area contributed by atoms with Gasteiger partial charge in [0.1, 0.15) is 12.7 Å². The van der Waals surface area contributed by atoms with Crippen molar-refractivity contribution in [3.8, 4) is 5.69 Å². The van der Waals surface area contributed by atoms with Gasteiger partial charge in [0, 0.05) is 25.6 Å². The number of aromatic nitrogens is 3. The van der Waals surface area contributed by atoms with Gasteiger partial charge in [0.25, 0.3) is 0 Å². The van der Waals surface area contributed by atoms with Crippen LogP contribution in [0.1, 0.15) is 42.6 Å². The maximum absolute atomic E-state index is 6.17. The lowest BCUT2D eigenvalue weighted by molar-refractivity contribution is -0.0265. The maximum atomic E-state index is 6.17. The number of ether oxygens (including phenoxy) is 1. The number of aliphatic imine (C=N–C) groups is 1. The molecular formula is C25H33IN6O. The second-order valence-electron chi connectivity index (χ2n) is 8.19. The van der Waals surface area contributed by atoms with E-state index in [4.69, 9.17) is 9.73 Å². The molecule has 2 unspecified atom stereocenters. The zero-order valence-corrected chi connectivity index (χ0v) is 21.6. The molecule has 1 aliphatic heterocycles. The molecule has 0 amide bonds.